The number of para-hydroxylation sites is 1. The van der Waals surface area contributed by atoms with Crippen LogP contribution in [0.2, 0.25) is 0 Å². The lowest BCUT2D eigenvalue weighted by atomic mass is 9.90. The molecule has 0 aromatic heterocycles. The van der Waals surface area contributed by atoms with Crippen LogP contribution < -0.4 is 9.62 Å². The van der Waals surface area contributed by atoms with Gasteiger partial charge in [0, 0.05) is 5.69 Å². The Kier molecular flexibility index (Phi) is 5.75. The Hall–Kier alpha value is -3.96. The maximum atomic E-state index is 12.9. The fourth-order valence-corrected chi connectivity index (χ4v) is 4.48. The number of benzene rings is 3. The van der Waals surface area contributed by atoms with Crippen LogP contribution in [0.4, 0.5) is 17.1 Å². The summed E-state index contributed by atoms with van der Waals surface area (Å²) >= 11 is 0. The molecule has 4 rings (SSSR count). The van der Waals surface area contributed by atoms with Gasteiger partial charge in [-0.1, -0.05) is 48.5 Å². The molecule has 0 aliphatic carbocycles. The summed E-state index contributed by atoms with van der Waals surface area (Å²) in [5, 5.41) is 11.9. The van der Waals surface area contributed by atoms with E-state index in [-0.39, 0.29) is 12.5 Å². The third-order valence-corrected chi connectivity index (χ3v) is 6.28. The van der Waals surface area contributed by atoms with Crippen LogP contribution >= 0.6 is 0 Å². The van der Waals surface area contributed by atoms with Crippen LogP contribution in [0.3, 0.4) is 0 Å². The molecule has 0 fully saturated rings. The van der Waals surface area contributed by atoms with Crippen LogP contribution in [-0.4, -0.2) is 32.8 Å². The van der Waals surface area contributed by atoms with Gasteiger partial charge in [-0.25, -0.2) is 8.42 Å². The van der Waals surface area contributed by atoms with Gasteiger partial charge in [-0.2, -0.15) is 5.26 Å². The van der Waals surface area contributed by atoms with Crippen molar-refractivity contribution in [1.82, 2.24) is 0 Å². The molecule has 3 aromatic carbocycles. The quantitative estimate of drug-likeness (QED) is 0.461. The predicted molar refractivity (Wildman–Crippen MR) is 125 cm³/mol. The van der Waals surface area contributed by atoms with Crippen molar-refractivity contribution in [3.63, 3.8) is 0 Å². The second kappa shape index (κ2) is 8.65. The molecule has 0 saturated carbocycles. The van der Waals surface area contributed by atoms with E-state index >= 15 is 0 Å². The molecule has 1 aliphatic heterocycles. The maximum absolute atomic E-state index is 12.9. The average Bonchev–Trinajstić information content (AvgIpc) is 3.12. The number of rotatable bonds is 6. The zero-order valence-corrected chi connectivity index (χ0v) is 18.1. The van der Waals surface area contributed by atoms with Crippen LogP contribution in [-0.2, 0) is 14.8 Å². The van der Waals surface area contributed by atoms with Crippen molar-refractivity contribution in [3.8, 4) is 6.07 Å². The van der Waals surface area contributed by atoms with E-state index < -0.39 is 15.9 Å². The van der Waals surface area contributed by atoms with Crippen LogP contribution in [0.1, 0.15) is 17.0 Å². The Labute approximate surface area is 186 Å². The van der Waals surface area contributed by atoms with Crippen molar-refractivity contribution >= 4 is 38.7 Å². The molecule has 160 valence electrons. The molecule has 7 nitrogen and oxygen atoms in total. The fraction of sp³-hybridized carbons (Fsp3) is 0.125. The van der Waals surface area contributed by atoms with Gasteiger partial charge in [-0.3, -0.25) is 14.1 Å². The summed E-state index contributed by atoms with van der Waals surface area (Å²) in [6.07, 6.45) is 1.06. The number of hydrogen-bond donors (Lipinski definition) is 1. The Bertz CT molecular complexity index is 1330. The fourth-order valence-electron chi connectivity index (χ4n) is 3.68. The lowest BCUT2D eigenvalue weighted by Crippen LogP contribution is -2.30. The van der Waals surface area contributed by atoms with E-state index in [0.29, 0.717) is 17.1 Å². The molecule has 1 amide bonds. The molecular formula is C24H20N4O3S. The number of nitriles is 1. The summed E-state index contributed by atoms with van der Waals surface area (Å²) < 4.78 is 25.0. The number of carbonyl (C=O) groups excluding carboxylic acids is 1. The molecule has 1 unspecified atom stereocenters. The summed E-state index contributed by atoms with van der Waals surface area (Å²) in [7, 11) is -3.59. The van der Waals surface area contributed by atoms with E-state index in [2.05, 4.69) is 5.32 Å². The van der Waals surface area contributed by atoms with Crippen LogP contribution in [0.5, 0.6) is 0 Å². The van der Waals surface area contributed by atoms with Crippen molar-refractivity contribution in [2.75, 3.05) is 22.4 Å². The minimum absolute atomic E-state index is 0.150. The largest absolute Gasteiger partial charge is 0.325 e. The van der Waals surface area contributed by atoms with Gasteiger partial charge in [0.25, 0.3) is 0 Å². The summed E-state index contributed by atoms with van der Waals surface area (Å²) in [4.78, 5) is 17.7. The molecule has 0 bridgehead atoms. The smallest absolute Gasteiger partial charge is 0.238 e. The minimum Gasteiger partial charge on any atom is -0.325 e. The lowest BCUT2D eigenvalue weighted by molar-refractivity contribution is -0.115. The van der Waals surface area contributed by atoms with Gasteiger partial charge < -0.3 is 5.32 Å². The van der Waals surface area contributed by atoms with Gasteiger partial charge >= 0.3 is 0 Å². The lowest BCUT2D eigenvalue weighted by Gasteiger charge is -2.19. The third-order valence-electron chi connectivity index (χ3n) is 5.14. The SMILES string of the molecule is CS(=O)(=O)N(CC#N)c1ccc(N=C(c2ccccc2)C2C(=O)Nc3ccccc32)cc1. The topological polar surface area (TPSA) is 103 Å². The van der Waals surface area contributed by atoms with E-state index in [1.165, 1.54) is 0 Å². The highest BCUT2D eigenvalue weighted by atomic mass is 32.2. The molecule has 1 heterocycles. The highest BCUT2D eigenvalue weighted by molar-refractivity contribution is 7.92. The van der Waals surface area contributed by atoms with Crippen LogP contribution in [0.25, 0.3) is 0 Å². The molecule has 8 heteroatoms. The average molecular weight is 445 g/mol. The molecule has 1 N–H and O–H groups in total. The summed E-state index contributed by atoms with van der Waals surface area (Å²) in [6.45, 7) is -0.282. The van der Waals surface area contributed by atoms with Crippen LogP contribution in [0.15, 0.2) is 83.9 Å². The second-order valence-electron chi connectivity index (χ2n) is 7.32. The first-order valence-electron chi connectivity index (χ1n) is 9.87. The van der Waals surface area contributed by atoms with Gasteiger partial charge in [0.2, 0.25) is 15.9 Å². The van der Waals surface area contributed by atoms with Gasteiger partial charge in [0.05, 0.1) is 29.4 Å². The predicted octanol–water partition coefficient (Wildman–Crippen LogP) is 3.83. The van der Waals surface area contributed by atoms with E-state index in [1.54, 1.807) is 24.3 Å². The van der Waals surface area contributed by atoms with Crippen molar-refractivity contribution in [2.45, 2.75) is 5.92 Å². The third kappa shape index (κ3) is 4.24. The van der Waals surface area contributed by atoms with Crippen molar-refractivity contribution in [3.05, 3.63) is 90.0 Å². The molecule has 3 aromatic rings. The molecule has 32 heavy (non-hydrogen) atoms. The number of nitrogens with zero attached hydrogens (tertiary/aromatic N) is 3. The van der Waals surface area contributed by atoms with E-state index in [9.17, 15) is 13.2 Å². The Balaban J connectivity index is 1.78. The zero-order valence-electron chi connectivity index (χ0n) is 17.3. The Morgan fingerprint density at radius 1 is 1.03 bits per heavy atom. The summed E-state index contributed by atoms with van der Waals surface area (Å²) in [5.41, 5.74) is 3.97. The van der Waals surface area contributed by atoms with E-state index in [0.717, 1.165) is 27.4 Å². The number of sulfonamides is 1. The van der Waals surface area contributed by atoms with E-state index in [1.807, 2.05) is 60.7 Å². The highest BCUT2D eigenvalue weighted by Crippen LogP contribution is 2.36. The number of amides is 1. The first-order valence-corrected chi connectivity index (χ1v) is 11.7. The Morgan fingerprint density at radius 3 is 2.34 bits per heavy atom. The number of hydrogen-bond acceptors (Lipinski definition) is 5. The monoisotopic (exact) mass is 444 g/mol. The molecule has 1 atom stereocenters. The number of fused-ring (bicyclic) bond motifs is 1. The normalized spacial score (nSPS) is 15.6. The van der Waals surface area contributed by atoms with Crippen LogP contribution in [0, 0.1) is 11.3 Å². The van der Waals surface area contributed by atoms with Gasteiger partial charge in [0.15, 0.2) is 0 Å². The van der Waals surface area contributed by atoms with Gasteiger partial charge in [0.1, 0.15) is 12.5 Å². The minimum atomic E-state index is -3.59. The highest BCUT2D eigenvalue weighted by Gasteiger charge is 2.35. The van der Waals surface area contributed by atoms with Crippen molar-refractivity contribution in [2.24, 2.45) is 4.99 Å². The van der Waals surface area contributed by atoms with Gasteiger partial charge in [-0.05, 0) is 41.5 Å². The molecular weight excluding hydrogens is 424 g/mol. The zero-order chi connectivity index (χ0) is 22.7. The first-order chi connectivity index (χ1) is 15.4. The van der Waals surface area contributed by atoms with Crippen molar-refractivity contribution < 1.29 is 13.2 Å². The standard InChI is InChI=1S/C24H20N4O3S/c1-32(30,31)28(16-15-25)19-13-11-18(12-14-19)26-23(17-7-3-2-4-8-17)22-20-9-5-6-10-21(20)27-24(22)29/h2-14,22H,16H2,1H3,(H,27,29). The Morgan fingerprint density at radius 2 is 1.69 bits per heavy atom. The summed E-state index contributed by atoms with van der Waals surface area (Å²) in [5.74, 6) is -0.720. The maximum Gasteiger partial charge on any atom is 0.238 e. The number of aliphatic imine (C=N–C) groups is 1. The van der Waals surface area contributed by atoms with Crippen molar-refractivity contribution in [1.29, 1.82) is 5.26 Å². The number of carbonyl (C=O) groups is 1. The molecule has 1 aliphatic rings. The second-order valence-corrected chi connectivity index (χ2v) is 9.22. The van der Waals surface area contributed by atoms with E-state index in [4.69, 9.17) is 10.3 Å². The molecule has 0 saturated heterocycles. The summed E-state index contributed by atoms with van der Waals surface area (Å²) in [6, 6.07) is 25.4. The number of nitrogens with one attached hydrogen (secondary N) is 1. The first kappa shape index (κ1) is 21.3. The van der Waals surface area contributed by atoms with Gasteiger partial charge in [-0.15, -0.1) is 0 Å². The molecule has 0 radical (unpaired) electrons. The molecule has 0 spiro atoms. The number of anilines is 2.